The van der Waals surface area contributed by atoms with Crippen LogP contribution in [0.3, 0.4) is 0 Å². The lowest BCUT2D eigenvalue weighted by Crippen LogP contribution is -2.19. The van der Waals surface area contributed by atoms with Crippen molar-refractivity contribution in [2.24, 2.45) is 10.2 Å². The summed E-state index contributed by atoms with van der Waals surface area (Å²) in [6.45, 7) is 0. The van der Waals surface area contributed by atoms with Gasteiger partial charge in [0.05, 0.1) is 23.3 Å². The molecule has 2 rings (SSSR count). The highest BCUT2D eigenvalue weighted by molar-refractivity contribution is 9.10. The molecule has 0 atom stereocenters. The Morgan fingerprint density at radius 3 is 2.95 bits per heavy atom. The lowest BCUT2D eigenvalue weighted by atomic mass is 10.2. The molecular weight excluding hydrogens is 394 g/mol. The SMILES string of the molecule is COC(=O)/C=C1/S/C(=N\N=Cc2ccc(Br)cc2Cl)NC1=O. The number of amides is 1. The van der Waals surface area contributed by atoms with E-state index in [1.807, 2.05) is 6.07 Å². The number of rotatable bonds is 3. The molecule has 0 bridgehead atoms. The second-order valence-electron chi connectivity index (χ2n) is 3.90. The van der Waals surface area contributed by atoms with Gasteiger partial charge < -0.3 is 4.74 Å². The van der Waals surface area contributed by atoms with Gasteiger partial charge >= 0.3 is 5.97 Å². The average molecular weight is 403 g/mol. The summed E-state index contributed by atoms with van der Waals surface area (Å²) in [5.74, 6) is -1.03. The zero-order chi connectivity index (χ0) is 16.1. The molecule has 1 aliphatic rings. The molecule has 0 saturated carbocycles. The third-order valence-corrected chi connectivity index (χ3v) is 4.13. The normalized spacial score (nSPS) is 18.2. The van der Waals surface area contributed by atoms with Crippen molar-refractivity contribution in [3.63, 3.8) is 0 Å². The summed E-state index contributed by atoms with van der Waals surface area (Å²) in [5.41, 5.74) is 0.689. The standard InChI is InChI=1S/C13H9BrClN3O3S/c1-21-11(19)5-10-12(20)17-13(22-10)18-16-6-7-2-3-8(14)4-9(7)15/h2-6H,1H3,(H,17,18,20)/b10-5+,16-6?. The van der Waals surface area contributed by atoms with Crippen molar-refractivity contribution in [3.8, 4) is 0 Å². The Hall–Kier alpha value is -1.64. The smallest absolute Gasteiger partial charge is 0.331 e. The number of amidine groups is 1. The first-order valence-corrected chi connectivity index (χ1v) is 7.83. The van der Waals surface area contributed by atoms with Gasteiger partial charge in [-0.2, -0.15) is 5.10 Å². The van der Waals surface area contributed by atoms with E-state index < -0.39 is 11.9 Å². The zero-order valence-corrected chi connectivity index (χ0v) is 14.3. The highest BCUT2D eigenvalue weighted by Crippen LogP contribution is 2.23. The Labute approximate surface area is 143 Å². The van der Waals surface area contributed by atoms with Gasteiger partial charge in [0.1, 0.15) is 0 Å². The third kappa shape index (κ3) is 4.43. The molecule has 22 heavy (non-hydrogen) atoms. The van der Waals surface area contributed by atoms with Gasteiger partial charge in [-0.3, -0.25) is 10.1 Å². The summed E-state index contributed by atoms with van der Waals surface area (Å²) in [5, 5.41) is 11.0. The largest absolute Gasteiger partial charge is 0.466 e. The van der Waals surface area contributed by atoms with Crippen LogP contribution in [0.1, 0.15) is 5.56 Å². The first-order valence-electron chi connectivity index (χ1n) is 5.84. The van der Waals surface area contributed by atoms with E-state index in [1.165, 1.54) is 13.3 Å². The van der Waals surface area contributed by atoms with Crippen molar-refractivity contribution in [2.45, 2.75) is 0 Å². The quantitative estimate of drug-likeness (QED) is 0.365. The molecule has 0 aromatic heterocycles. The first kappa shape index (κ1) is 16.7. The van der Waals surface area contributed by atoms with E-state index in [0.29, 0.717) is 10.6 Å². The first-order chi connectivity index (χ1) is 10.5. The van der Waals surface area contributed by atoms with E-state index in [4.69, 9.17) is 11.6 Å². The molecule has 9 heteroatoms. The van der Waals surface area contributed by atoms with Crippen molar-refractivity contribution < 1.29 is 14.3 Å². The fourth-order valence-corrected chi connectivity index (χ4v) is 2.85. The summed E-state index contributed by atoms with van der Waals surface area (Å²) < 4.78 is 5.32. The fourth-order valence-electron chi connectivity index (χ4n) is 1.39. The highest BCUT2D eigenvalue weighted by Gasteiger charge is 2.24. The van der Waals surface area contributed by atoms with E-state index in [2.05, 4.69) is 36.2 Å². The summed E-state index contributed by atoms with van der Waals surface area (Å²) in [4.78, 5) is 22.9. The second kappa shape index (κ2) is 7.57. The second-order valence-corrected chi connectivity index (χ2v) is 6.26. The summed E-state index contributed by atoms with van der Waals surface area (Å²) in [6.07, 6.45) is 2.56. The molecule has 1 aliphatic heterocycles. The maximum absolute atomic E-state index is 11.6. The number of methoxy groups -OCH3 is 1. The molecule has 0 unspecified atom stereocenters. The van der Waals surface area contributed by atoms with Crippen LogP contribution in [-0.2, 0) is 14.3 Å². The Kier molecular flexibility index (Phi) is 5.76. The van der Waals surface area contributed by atoms with Gasteiger partial charge in [0.2, 0.25) is 0 Å². The number of nitrogens with zero attached hydrogens (tertiary/aromatic N) is 2. The van der Waals surface area contributed by atoms with Crippen LogP contribution in [0, 0.1) is 0 Å². The molecular formula is C13H9BrClN3O3S. The maximum Gasteiger partial charge on any atom is 0.331 e. The third-order valence-electron chi connectivity index (χ3n) is 2.41. The summed E-state index contributed by atoms with van der Waals surface area (Å²) in [6, 6.07) is 5.34. The van der Waals surface area contributed by atoms with Gasteiger partial charge in [-0.05, 0) is 23.9 Å². The van der Waals surface area contributed by atoms with Crippen LogP contribution in [-0.4, -0.2) is 30.4 Å². The van der Waals surface area contributed by atoms with Crippen molar-refractivity contribution in [3.05, 3.63) is 44.2 Å². The number of carbonyl (C=O) groups is 2. The van der Waals surface area contributed by atoms with Crippen LogP contribution in [0.5, 0.6) is 0 Å². The van der Waals surface area contributed by atoms with Crippen molar-refractivity contribution >= 4 is 62.6 Å². The summed E-state index contributed by atoms with van der Waals surface area (Å²) >= 11 is 10.3. The van der Waals surface area contributed by atoms with E-state index >= 15 is 0 Å². The van der Waals surface area contributed by atoms with Gasteiger partial charge in [0.25, 0.3) is 5.91 Å². The number of carbonyl (C=O) groups excluding carboxylic acids is 2. The molecule has 1 saturated heterocycles. The molecule has 6 nitrogen and oxygen atoms in total. The van der Waals surface area contributed by atoms with E-state index in [-0.39, 0.29) is 10.1 Å². The number of thioether (sulfide) groups is 1. The monoisotopic (exact) mass is 401 g/mol. The van der Waals surface area contributed by atoms with E-state index in [9.17, 15) is 9.59 Å². The number of esters is 1. The van der Waals surface area contributed by atoms with Crippen LogP contribution in [0.25, 0.3) is 0 Å². The maximum atomic E-state index is 11.6. The molecule has 1 fully saturated rings. The Balaban J connectivity index is 2.08. The predicted molar refractivity (Wildman–Crippen MR) is 90.0 cm³/mol. The molecule has 1 N–H and O–H groups in total. The average Bonchev–Trinajstić information content (AvgIpc) is 2.81. The van der Waals surface area contributed by atoms with Crippen molar-refractivity contribution in [1.82, 2.24) is 5.32 Å². The van der Waals surface area contributed by atoms with E-state index in [0.717, 1.165) is 22.3 Å². The van der Waals surface area contributed by atoms with Crippen molar-refractivity contribution in [1.29, 1.82) is 0 Å². The number of nitrogens with one attached hydrogen (secondary N) is 1. The van der Waals surface area contributed by atoms with Crippen LogP contribution < -0.4 is 5.32 Å². The molecule has 0 radical (unpaired) electrons. The molecule has 1 aromatic carbocycles. The van der Waals surface area contributed by atoms with Crippen LogP contribution in [0.15, 0.2) is 43.9 Å². The lowest BCUT2D eigenvalue weighted by Gasteiger charge is -1.97. The molecule has 0 spiro atoms. The predicted octanol–water partition coefficient (Wildman–Crippen LogP) is 2.71. The zero-order valence-electron chi connectivity index (χ0n) is 11.2. The minimum absolute atomic E-state index is 0.197. The van der Waals surface area contributed by atoms with Crippen LogP contribution in [0.2, 0.25) is 5.02 Å². The van der Waals surface area contributed by atoms with Gasteiger partial charge in [0.15, 0.2) is 5.17 Å². The molecule has 1 amide bonds. The number of halogens is 2. The number of ether oxygens (including phenoxy) is 1. The molecule has 114 valence electrons. The molecule has 0 aliphatic carbocycles. The minimum Gasteiger partial charge on any atom is -0.466 e. The van der Waals surface area contributed by atoms with Crippen LogP contribution in [0.4, 0.5) is 0 Å². The number of hydrogen-bond donors (Lipinski definition) is 1. The highest BCUT2D eigenvalue weighted by atomic mass is 79.9. The topological polar surface area (TPSA) is 80.1 Å². The van der Waals surface area contributed by atoms with Gasteiger partial charge in [-0.15, -0.1) is 5.10 Å². The Bertz CT molecular complexity index is 718. The van der Waals surface area contributed by atoms with Crippen molar-refractivity contribution in [2.75, 3.05) is 7.11 Å². The summed E-state index contributed by atoms with van der Waals surface area (Å²) in [7, 11) is 1.23. The molecule has 1 heterocycles. The molecule has 1 aromatic rings. The fraction of sp³-hybridized carbons (Fsp3) is 0.0769. The Morgan fingerprint density at radius 1 is 1.50 bits per heavy atom. The van der Waals surface area contributed by atoms with E-state index in [1.54, 1.807) is 12.1 Å². The Morgan fingerprint density at radius 2 is 2.27 bits per heavy atom. The van der Waals surface area contributed by atoms with Gasteiger partial charge in [-0.25, -0.2) is 4.79 Å². The lowest BCUT2D eigenvalue weighted by molar-refractivity contribution is -0.135. The number of hydrogen-bond acceptors (Lipinski definition) is 6. The van der Waals surface area contributed by atoms with Gasteiger partial charge in [0, 0.05) is 16.1 Å². The number of benzene rings is 1. The van der Waals surface area contributed by atoms with Gasteiger partial charge in [-0.1, -0.05) is 33.6 Å². The van der Waals surface area contributed by atoms with Crippen LogP contribution >= 0.6 is 39.3 Å². The minimum atomic E-state index is -0.607.